The van der Waals surface area contributed by atoms with E-state index in [1.165, 1.54) is 0 Å². The number of pyridine rings is 1. The lowest BCUT2D eigenvalue weighted by atomic mass is 9.78. The SMILES string of the molecule is N#Cc1cccc(Cn2c(C3CCCC[C@H]3C(=O)O)nc3cc(OCc4ccc5ccccc5n4)ccc32)c1. The molecule has 1 saturated carbocycles. The Hall–Kier alpha value is -4.70. The van der Waals surface area contributed by atoms with Crippen molar-refractivity contribution in [3.63, 3.8) is 0 Å². The zero-order valence-electron chi connectivity index (χ0n) is 21.5. The molecule has 3 aromatic carbocycles. The van der Waals surface area contributed by atoms with Crippen LogP contribution in [-0.4, -0.2) is 25.6 Å². The van der Waals surface area contributed by atoms with E-state index in [-0.39, 0.29) is 5.92 Å². The molecule has 5 aromatic rings. The summed E-state index contributed by atoms with van der Waals surface area (Å²) in [6.07, 6.45) is 3.34. The van der Waals surface area contributed by atoms with Crippen LogP contribution < -0.4 is 4.74 Å². The normalized spacial score (nSPS) is 17.2. The maximum absolute atomic E-state index is 12.2. The van der Waals surface area contributed by atoms with E-state index in [9.17, 15) is 15.2 Å². The van der Waals surface area contributed by atoms with Crippen LogP contribution in [0.1, 0.15) is 54.2 Å². The van der Waals surface area contributed by atoms with Crippen LogP contribution in [0.5, 0.6) is 5.75 Å². The highest BCUT2D eigenvalue weighted by Crippen LogP contribution is 2.39. The van der Waals surface area contributed by atoms with E-state index in [4.69, 9.17) is 14.7 Å². The second kappa shape index (κ2) is 10.6. The van der Waals surface area contributed by atoms with E-state index in [1.54, 1.807) is 6.07 Å². The van der Waals surface area contributed by atoms with Crippen molar-refractivity contribution in [1.29, 1.82) is 5.26 Å². The van der Waals surface area contributed by atoms with Gasteiger partial charge in [-0.1, -0.05) is 49.2 Å². The molecule has 2 heterocycles. The summed E-state index contributed by atoms with van der Waals surface area (Å²) < 4.78 is 8.23. The van der Waals surface area contributed by atoms with Gasteiger partial charge in [0.15, 0.2) is 0 Å². The zero-order chi connectivity index (χ0) is 26.8. The van der Waals surface area contributed by atoms with Crippen molar-refractivity contribution in [2.45, 2.75) is 44.8 Å². The topological polar surface area (TPSA) is 101 Å². The number of aliphatic carboxylic acids is 1. The largest absolute Gasteiger partial charge is 0.487 e. The number of hydrogen-bond donors (Lipinski definition) is 1. The number of ether oxygens (including phenoxy) is 1. The molecule has 1 N–H and O–H groups in total. The van der Waals surface area contributed by atoms with Gasteiger partial charge in [0.25, 0.3) is 0 Å². The zero-order valence-corrected chi connectivity index (χ0v) is 21.5. The van der Waals surface area contributed by atoms with E-state index >= 15 is 0 Å². The Balaban J connectivity index is 1.34. The Morgan fingerprint density at radius 3 is 2.72 bits per heavy atom. The van der Waals surface area contributed by atoms with Crippen LogP contribution >= 0.6 is 0 Å². The second-order valence-corrected chi connectivity index (χ2v) is 10.1. The van der Waals surface area contributed by atoms with Crippen molar-refractivity contribution >= 4 is 27.9 Å². The molecule has 7 heteroatoms. The quantitative estimate of drug-likeness (QED) is 0.267. The number of carbonyl (C=O) groups is 1. The predicted molar refractivity (Wildman–Crippen MR) is 148 cm³/mol. The summed E-state index contributed by atoms with van der Waals surface area (Å²) in [7, 11) is 0. The Bertz CT molecular complexity index is 1720. The molecule has 1 aliphatic carbocycles. The first-order valence-electron chi connectivity index (χ1n) is 13.3. The molecule has 2 aromatic heterocycles. The van der Waals surface area contributed by atoms with Crippen LogP contribution in [0.3, 0.4) is 0 Å². The molecule has 39 heavy (non-hydrogen) atoms. The number of carboxylic acids is 1. The van der Waals surface area contributed by atoms with Crippen LogP contribution in [0.2, 0.25) is 0 Å². The van der Waals surface area contributed by atoms with Crippen molar-refractivity contribution < 1.29 is 14.6 Å². The van der Waals surface area contributed by atoms with Gasteiger partial charge in [0.05, 0.1) is 39.8 Å². The van der Waals surface area contributed by atoms with Crippen LogP contribution in [0.15, 0.2) is 78.9 Å². The summed E-state index contributed by atoms with van der Waals surface area (Å²) in [5.41, 5.74) is 5.01. The van der Waals surface area contributed by atoms with Crippen LogP contribution in [0, 0.1) is 17.2 Å². The summed E-state index contributed by atoms with van der Waals surface area (Å²) in [5, 5.41) is 20.4. The third kappa shape index (κ3) is 5.06. The first-order chi connectivity index (χ1) is 19.1. The molecule has 6 rings (SSSR count). The van der Waals surface area contributed by atoms with Crippen molar-refractivity contribution in [2.75, 3.05) is 0 Å². The summed E-state index contributed by atoms with van der Waals surface area (Å²) >= 11 is 0. The van der Waals surface area contributed by atoms with Crippen molar-refractivity contribution in [3.8, 4) is 11.8 Å². The lowest BCUT2D eigenvalue weighted by molar-refractivity contribution is -0.143. The number of fused-ring (bicyclic) bond motifs is 2. The number of para-hydroxylation sites is 1. The van der Waals surface area contributed by atoms with Crippen LogP contribution in [-0.2, 0) is 17.9 Å². The molecule has 1 aliphatic rings. The lowest BCUT2D eigenvalue weighted by Crippen LogP contribution is -2.27. The molecule has 1 unspecified atom stereocenters. The minimum absolute atomic E-state index is 0.172. The molecule has 7 nitrogen and oxygen atoms in total. The van der Waals surface area contributed by atoms with Crippen molar-refractivity contribution in [1.82, 2.24) is 14.5 Å². The fourth-order valence-corrected chi connectivity index (χ4v) is 5.67. The van der Waals surface area contributed by atoms with Gasteiger partial charge in [-0.25, -0.2) is 9.97 Å². The van der Waals surface area contributed by atoms with Gasteiger partial charge in [0.2, 0.25) is 0 Å². The second-order valence-electron chi connectivity index (χ2n) is 10.1. The standard InChI is InChI=1S/C32H28N4O3/c33-18-21-6-5-7-22(16-21)19-36-30-15-14-25(39-20-24-13-12-23-8-1-4-11-28(23)34-24)17-29(30)35-31(36)26-9-2-3-10-27(26)32(37)38/h1,4-8,11-17,26-27H,2-3,9-10,19-20H2,(H,37,38)/t26?,27-/m1/s1. The van der Waals surface area contributed by atoms with Gasteiger partial charge in [-0.3, -0.25) is 4.79 Å². The molecule has 0 saturated heterocycles. The number of imidazole rings is 1. The van der Waals surface area contributed by atoms with Gasteiger partial charge < -0.3 is 14.4 Å². The molecule has 2 atom stereocenters. The molecule has 0 radical (unpaired) electrons. The Kier molecular flexibility index (Phi) is 6.68. The van der Waals surface area contributed by atoms with E-state index in [1.807, 2.05) is 72.8 Å². The predicted octanol–water partition coefficient (Wildman–Crippen LogP) is 6.44. The van der Waals surface area contributed by atoms with Gasteiger partial charge >= 0.3 is 5.97 Å². The van der Waals surface area contributed by atoms with Gasteiger partial charge in [-0.05, 0) is 54.8 Å². The first-order valence-corrected chi connectivity index (χ1v) is 13.3. The van der Waals surface area contributed by atoms with Gasteiger partial charge in [-0.2, -0.15) is 5.26 Å². The molecule has 0 amide bonds. The van der Waals surface area contributed by atoms with E-state index in [0.29, 0.717) is 30.9 Å². The van der Waals surface area contributed by atoms with Gasteiger partial charge in [0, 0.05) is 23.9 Å². The van der Waals surface area contributed by atoms with Crippen LogP contribution in [0.4, 0.5) is 0 Å². The average Bonchev–Trinajstić information content (AvgIpc) is 3.33. The molecular formula is C32H28N4O3. The highest BCUT2D eigenvalue weighted by atomic mass is 16.5. The van der Waals surface area contributed by atoms with Crippen LogP contribution in [0.25, 0.3) is 21.9 Å². The third-order valence-electron chi connectivity index (χ3n) is 7.60. The molecular weight excluding hydrogens is 488 g/mol. The monoisotopic (exact) mass is 516 g/mol. The van der Waals surface area contributed by atoms with E-state index in [0.717, 1.165) is 58.3 Å². The Morgan fingerprint density at radius 1 is 0.974 bits per heavy atom. The van der Waals surface area contributed by atoms with E-state index < -0.39 is 11.9 Å². The lowest BCUT2D eigenvalue weighted by Gasteiger charge is -2.28. The minimum atomic E-state index is -0.767. The number of aromatic nitrogens is 3. The van der Waals surface area contributed by atoms with E-state index in [2.05, 4.69) is 10.6 Å². The van der Waals surface area contributed by atoms with Crippen molar-refractivity contribution in [2.24, 2.45) is 5.92 Å². The minimum Gasteiger partial charge on any atom is -0.487 e. The maximum atomic E-state index is 12.2. The smallest absolute Gasteiger partial charge is 0.307 e. The Labute approximate surface area is 226 Å². The molecule has 0 spiro atoms. The summed E-state index contributed by atoms with van der Waals surface area (Å²) in [6, 6.07) is 27.6. The number of nitrogens with zero attached hydrogens (tertiary/aromatic N) is 4. The van der Waals surface area contributed by atoms with Crippen molar-refractivity contribution in [3.05, 3.63) is 102 Å². The highest BCUT2D eigenvalue weighted by molar-refractivity contribution is 5.79. The average molecular weight is 517 g/mol. The van der Waals surface area contributed by atoms with Gasteiger partial charge in [-0.15, -0.1) is 0 Å². The number of rotatable bonds is 7. The number of nitriles is 1. The summed E-state index contributed by atoms with van der Waals surface area (Å²) in [6.45, 7) is 0.833. The Morgan fingerprint density at radius 2 is 1.85 bits per heavy atom. The maximum Gasteiger partial charge on any atom is 0.307 e. The summed E-state index contributed by atoms with van der Waals surface area (Å²) in [4.78, 5) is 21.9. The molecule has 1 fully saturated rings. The highest BCUT2D eigenvalue weighted by Gasteiger charge is 2.35. The number of carboxylic acid groups (broad SMARTS) is 1. The molecule has 0 aliphatic heterocycles. The number of benzene rings is 3. The summed E-state index contributed by atoms with van der Waals surface area (Å²) in [5.74, 6) is 0.0616. The third-order valence-corrected chi connectivity index (χ3v) is 7.60. The number of hydrogen-bond acceptors (Lipinski definition) is 5. The van der Waals surface area contributed by atoms with Gasteiger partial charge in [0.1, 0.15) is 18.2 Å². The first kappa shape index (κ1) is 24.6. The molecule has 194 valence electrons. The fourth-order valence-electron chi connectivity index (χ4n) is 5.67. The fraction of sp³-hybridized carbons (Fsp3) is 0.250. The molecule has 0 bridgehead atoms.